The van der Waals surface area contributed by atoms with Crippen LogP contribution in [0.25, 0.3) is 11.4 Å². The first-order valence-electron chi connectivity index (χ1n) is 10.0. The third-order valence-corrected chi connectivity index (χ3v) is 5.81. The molecule has 0 atom stereocenters. The summed E-state index contributed by atoms with van der Waals surface area (Å²) < 4.78 is 2.16. The molecule has 0 radical (unpaired) electrons. The van der Waals surface area contributed by atoms with E-state index in [1.54, 1.807) is 0 Å². The van der Waals surface area contributed by atoms with Gasteiger partial charge in [-0.25, -0.2) is 15.0 Å². The molecule has 6 heteroatoms. The number of nitrogens with zero attached hydrogens (tertiary/aromatic N) is 4. The van der Waals surface area contributed by atoms with Gasteiger partial charge < -0.3 is 15.6 Å². The van der Waals surface area contributed by atoms with Gasteiger partial charge in [0.05, 0.1) is 12.0 Å². The van der Waals surface area contributed by atoms with Gasteiger partial charge in [-0.05, 0) is 62.8 Å². The van der Waals surface area contributed by atoms with Crippen LogP contribution in [0.4, 0.5) is 5.95 Å². The minimum Gasteiger partial charge on any atom is -0.351 e. The van der Waals surface area contributed by atoms with Crippen LogP contribution in [0.5, 0.6) is 0 Å². The van der Waals surface area contributed by atoms with Gasteiger partial charge in [0.15, 0.2) is 0 Å². The topological polar surface area (TPSA) is 81.7 Å². The number of nitrogens with one attached hydrogen (secondary N) is 1. The summed E-state index contributed by atoms with van der Waals surface area (Å²) >= 11 is 0. The lowest BCUT2D eigenvalue weighted by molar-refractivity contribution is 0.410. The summed E-state index contributed by atoms with van der Waals surface area (Å²) in [5.74, 6) is 1.54. The van der Waals surface area contributed by atoms with E-state index < -0.39 is 0 Å². The molecule has 0 unspecified atom stereocenters. The van der Waals surface area contributed by atoms with Crippen molar-refractivity contribution in [2.45, 2.75) is 70.4 Å². The molecule has 0 aliphatic heterocycles. The Morgan fingerprint density at radius 2 is 1.88 bits per heavy atom. The molecule has 6 nitrogen and oxygen atoms in total. The molecule has 3 N–H and O–H groups in total. The highest BCUT2D eigenvalue weighted by Gasteiger charge is 2.26. The van der Waals surface area contributed by atoms with Crippen LogP contribution in [0.1, 0.15) is 56.7 Å². The Morgan fingerprint density at radius 3 is 2.58 bits per heavy atom. The minimum absolute atomic E-state index is 0.352. The van der Waals surface area contributed by atoms with Gasteiger partial charge >= 0.3 is 0 Å². The lowest BCUT2D eigenvalue weighted by Gasteiger charge is -2.27. The van der Waals surface area contributed by atoms with Gasteiger partial charge in [-0.15, -0.1) is 0 Å². The monoisotopic (exact) mass is 354 g/mol. The molecular weight excluding hydrogens is 324 g/mol. The standard InChI is InChI=1S/C20H30N6/c1-3-14-11-22-20(24-16-8-6-15(21)7-9-16)25-18(14)19-17(10-13-4-5-13)26(2)12-23-19/h11-13,15-16H,3-10,21H2,1-2H3,(H,22,24,25). The summed E-state index contributed by atoms with van der Waals surface area (Å²) in [6.45, 7) is 2.15. The molecule has 0 bridgehead atoms. The number of aromatic nitrogens is 4. The second-order valence-electron chi connectivity index (χ2n) is 7.98. The molecule has 2 saturated carbocycles. The van der Waals surface area contributed by atoms with E-state index in [2.05, 4.69) is 28.8 Å². The van der Waals surface area contributed by atoms with Gasteiger partial charge in [0.2, 0.25) is 5.95 Å². The van der Waals surface area contributed by atoms with Gasteiger partial charge in [-0.1, -0.05) is 6.92 Å². The normalized spacial score (nSPS) is 23.2. The molecule has 0 aromatic carbocycles. The molecular formula is C20H30N6. The van der Waals surface area contributed by atoms with Crippen molar-refractivity contribution in [3.63, 3.8) is 0 Å². The Balaban J connectivity index is 1.60. The highest BCUT2D eigenvalue weighted by atomic mass is 15.1. The first kappa shape index (κ1) is 17.5. The molecule has 2 aromatic heterocycles. The van der Waals surface area contributed by atoms with Crippen LogP contribution < -0.4 is 11.1 Å². The van der Waals surface area contributed by atoms with Crippen molar-refractivity contribution in [2.24, 2.45) is 18.7 Å². The van der Waals surface area contributed by atoms with Crippen molar-refractivity contribution < 1.29 is 0 Å². The molecule has 2 heterocycles. The highest BCUT2D eigenvalue weighted by Crippen LogP contribution is 2.35. The number of nitrogens with two attached hydrogens (primary N) is 1. The molecule has 2 aromatic rings. The molecule has 26 heavy (non-hydrogen) atoms. The maximum absolute atomic E-state index is 6.02. The average Bonchev–Trinajstić information content (AvgIpc) is 3.40. The predicted molar refractivity (Wildman–Crippen MR) is 104 cm³/mol. The summed E-state index contributed by atoms with van der Waals surface area (Å²) in [4.78, 5) is 14.2. The van der Waals surface area contributed by atoms with E-state index in [0.717, 1.165) is 67.3 Å². The average molecular weight is 355 g/mol. The van der Waals surface area contributed by atoms with Crippen LogP contribution in [-0.2, 0) is 19.9 Å². The van der Waals surface area contributed by atoms with Crippen LogP contribution in [0.3, 0.4) is 0 Å². The van der Waals surface area contributed by atoms with E-state index in [0.29, 0.717) is 12.1 Å². The number of aryl methyl sites for hydroxylation is 2. The van der Waals surface area contributed by atoms with Crippen LogP contribution >= 0.6 is 0 Å². The Kier molecular flexibility index (Phi) is 4.94. The summed E-state index contributed by atoms with van der Waals surface area (Å²) in [5, 5.41) is 3.53. The lowest BCUT2D eigenvalue weighted by Crippen LogP contribution is -2.33. The number of anilines is 1. The Hall–Kier alpha value is -1.95. The largest absolute Gasteiger partial charge is 0.351 e. The smallest absolute Gasteiger partial charge is 0.223 e. The first-order chi connectivity index (χ1) is 12.6. The van der Waals surface area contributed by atoms with Crippen molar-refractivity contribution in [2.75, 3.05) is 5.32 Å². The highest BCUT2D eigenvalue weighted by molar-refractivity contribution is 5.63. The summed E-state index contributed by atoms with van der Waals surface area (Å²) in [7, 11) is 2.09. The van der Waals surface area contributed by atoms with Crippen molar-refractivity contribution in [1.82, 2.24) is 19.5 Å². The fourth-order valence-electron chi connectivity index (χ4n) is 3.88. The van der Waals surface area contributed by atoms with E-state index in [1.165, 1.54) is 18.5 Å². The third-order valence-electron chi connectivity index (χ3n) is 5.81. The van der Waals surface area contributed by atoms with E-state index in [4.69, 9.17) is 15.7 Å². The fourth-order valence-corrected chi connectivity index (χ4v) is 3.88. The van der Waals surface area contributed by atoms with Crippen molar-refractivity contribution >= 4 is 5.95 Å². The Labute approximate surface area is 155 Å². The van der Waals surface area contributed by atoms with Crippen LogP contribution in [0.2, 0.25) is 0 Å². The quantitative estimate of drug-likeness (QED) is 0.833. The number of hydrogen-bond donors (Lipinski definition) is 2. The zero-order valence-electron chi connectivity index (χ0n) is 15.9. The van der Waals surface area contributed by atoms with E-state index in [-0.39, 0.29) is 0 Å². The SMILES string of the molecule is CCc1cnc(NC2CCC(N)CC2)nc1-c1ncn(C)c1CC1CC1. The van der Waals surface area contributed by atoms with Crippen molar-refractivity contribution in [3.05, 3.63) is 23.8 Å². The number of rotatable bonds is 6. The maximum atomic E-state index is 6.02. The van der Waals surface area contributed by atoms with Gasteiger partial charge in [-0.2, -0.15) is 0 Å². The second kappa shape index (κ2) is 7.35. The molecule has 0 amide bonds. The Bertz CT molecular complexity index is 756. The number of imidazole rings is 1. The zero-order valence-corrected chi connectivity index (χ0v) is 15.9. The van der Waals surface area contributed by atoms with Gasteiger partial charge in [-0.3, -0.25) is 0 Å². The van der Waals surface area contributed by atoms with E-state index in [9.17, 15) is 0 Å². The molecule has 2 aliphatic carbocycles. The summed E-state index contributed by atoms with van der Waals surface area (Å²) in [5.41, 5.74) is 10.5. The van der Waals surface area contributed by atoms with Crippen LogP contribution in [0.15, 0.2) is 12.5 Å². The first-order valence-corrected chi connectivity index (χ1v) is 10.0. The zero-order chi connectivity index (χ0) is 18.1. The van der Waals surface area contributed by atoms with Crippen molar-refractivity contribution in [1.29, 1.82) is 0 Å². The Morgan fingerprint density at radius 1 is 1.12 bits per heavy atom. The fraction of sp³-hybridized carbons (Fsp3) is 0.650. The third kappa shape index (κ3) is 3.75. The molecule has 0 spiro atoms. The molecule has 2 aliphatic rings. The molecule has 0 saturated heterocycles. The van der Waals surface area contributed by atoms with Gasteiger partial charge in [0.1, 0.15) is 5.69 Å². The predicted octanol–water partition coefficient (Wildman–Crippen LogP) is 3.07. The maximum Gasteiger partial charge on any atom is 0.223 e. The number of hydrogen-bond acceptors (Lipinski definition) is 5. The van der Waals surface area contributed by atoms with Crippen molar-refractivity contribution in [3.8, 4) is 11.4 Å². The van der Waals surface area contributed by atoms with Crippen LogP contribution in [0, 0.1) is 5.92 Å². The van der Waals surface area contributed by atoms with E-state index in [1.807, 2.05) is 12.5 Å². The van der Waals surface area contributed by atoms with Gasteiger partial charge in [0.25, 0.3) is 0 Å². The minimum atomic E-state index is 0.352. The summed E-state index contributed by atoms with van der Waals surface area (Å²) in [6, 6.07) is 0.773. The molecule has 4 rings (SSSR count). The van der Waals surface area contributed by atoms with Crippen LogP contribution in [-0.4, -0.2) is 31.6 Å². The molecule has 2 fully saturated rings. The summed E-state index contributed by atoms with van der Waals surface area (Å²) in [6.07, 6.45) is 12.9. The van der Waals surface area contributed by atoms with Gasteiger partial charge in [0, 0.05) is 31.0 Å². The van der Waals surface area contributed by atoms with E-state index >= 15 is 0 Å². The molecule has 140 valence electrons. The lowest BCUT2D eigenvalue weighted by atomic mass is 9.92. The second-order valence-corrected chi connectivity index (χ2v) is 7.98.